The second-order valence-corrected chi connectivity index (χ2v) is 7.21. The first-order chi connectivity index (χ1) is 8.53. The molecule has 2 unspecified atom stereocenters. The van der Waals surface area contributed by atoms with E-state index >= 15 is 0 Å². The summed E-state index contributed by atoms with van der Waals surface area (Å²) >= 11 is 0. The molecule has 0 saturated carbocycles. The molecule has 0 radical (unpaired) electrons. The minimum atomic E-state index is -0.767. The van der Waals surface area contributed by atoms with Crippen molar-refractivity contribution in [1.82, 2.24) is 0 Å². The average molecular weight is 268 g/mol. The minimum absolute atomic E-state index is 0.119. The Hall–Kier alpha value is -0.600. The van der Waals surface area contributed by atoms with Crippen LogP contribution < -0.4 is 0 Å². The maximum absolute atomic E-state index is 10.5. The van der Waals surface area contributed by atoms with Gasteiger partial charge in [-0.05, 0) is 24.7 Å². The van der Waals surface area contributed by atoms with E-state index < -0.39 is 6.29 Å². The summed E-state index contributed by atoms with van der Waals surface area (Å²) in [5.41, 5.74) is -0.0991. The Morgan fingerprint density at radius 1 is 1.16 bits per heavy atom. The molecular formula is C17H32O2. The highest BCUT2D eigenvalue weighted by Crippen LogP contribution is 2.42. The first-order valence-electron chi connectivity index (χ1n) is 7.15. The molecule has 0 aliphatic rings. The van der Waals surface area contributed by atoms with Crippen LogP contribution in [0, 0.1) is 16.7 Å². The highest BCUT2D eigenvalue weighted by Gasteiger charge is 2.40. The summed E-state index contributed by atoms with van der Waals surface area (Å²) in [4.78, 5) is 0. The average Bonchev–Trinajstić information content (AvgIpc) is 2.23. The van der Waals surface area contributed by atoms with Crippen molar-refractivity contribution in [3.05, 3.63) is 24.8 Å². The molecule has 0 bridgehead atoms. The largest absolute Gasteiger partial charge is 0.367 e. The maximum atomic E-state index is 10.5. The van der Waals surface area contributed by atoms with Gasteiger partial charge in [0, 0.05) is 5.41 Å². The smallest absolute Gasteiger partial charge is 0.160 e. The van der Waals surface area contributed by atoms with Gasteiger partial charge in [0.1, 0.15) is 0 Å². The summed E-state index contributed by atoms with van der Waals surface area (Å²) in [6.45, 7) is 18.5. The van der Waals surface area contributed by atoms with E-state index in [2.05, 4.69) is 48.1 Å². The molecule has 0 amide bonds. The zero-order chi connectivity index (χ0) is 15.3. The van der Waals surface area contributed by atoms with Gasteiger partial charge in [-0.15, -0.1) is 0 Å². The second-order valence-electron chi connectivity index (χ2n) is 7.21. The summed E-state index contributed by atoms with van der Waals surface area (Å²) in [7, 11) is 0. The quantitative estimate of drug-likeness (QED) is 0.542. The summed E-state index contributed by atoms with van der Waals surface area (Å²) in [6, 6.07) is 0. The highest BCUT2D eigenvalue weighted by molar-refractivity contribution is 5.00. The van der Waals surface area contributed by atoms with E-state index in [0.29, 0.717) is 5.92 Å². The lowest BCUT2D eigenvalue weighted by molar-refractivity contribution is -0.205. The third-order valence-electron chi connectivity index (χ3n) is 3.66. The lowest BCUT2D eigenvalue weighted by Crippen LogP contribution is -2.43. The van der Waals surface area contributed by atoms with Crippen LogP contribution in [0.25, 0.3) is 0 Å². The zero-order valence-corrected chi connectivity index (χ0v) is 13.7. The predicted molar refractivity (Wildman–Crippen MR) is 82.9 cm³/mol. The van der Waals surface area contributed by atoms with E-state index in [1.807, 2.05) is 19.1 Å². The first-order valence-corrected chi connectivity index (χ1v) is 7.15. The van der Waals surface area contributed by atoms with Crippen molar-refractivity contribution < 1.29 is 9.84 Å². The van der Waals surface area contributed by atoms with Crippen molar-refractivity contribution >= 4 is 0 Å². The van der Waals surface area contributed by atoms with Gasteiger partial charge >= 0.3 is 0 Å². The summed E-state index contributed by atoms with van der Waals surface area (Å²) < 4.78 is 5.75. The van der Waals surface area contributed by atoms with Gasteiger partial charge in [0.25, 0.3) is 0 Å². The number of hydrogen-bond acceptors (Lipinski definition) is 2. The monoisotopic (exact) mass is 268 g/mol. The molecule has 1 N–H and O–H groups in total. The number of aliphatic hydroxyl groups excluding tert-OH is 1. The van der Waals surface area contributed by atoms with E-state index in [1.54, 1.807) is 6.08 Å². The number of ether oxygens (including phenoxy) is 1. The molecular weight excluding hydrogens is 236 g/mol. The van der Waals surface area contributed by atoms with Gasteiger partial charge in [0.05, 0.1) is 6.10 Å². The van der Waals surface area contributed by atoms with Crippen molar-refractivity contribution in [3.63, 3.8) is 0 Å². The standard InChI is InChI=1S/C17H32O2/c1-9-10-11-14(4)19-15(18)17(8,13(2)3)12-16(5,6)7/h9-11,13-15,18H,1,12H2,2-8H3/b11-10-/t14?,15-,17?/m1/s1. The Labute approximate surface area is 119 Å². The first kappa shape index (κ1) is 18.4. The number of hydrogen-bond donors (Lipinski definition) is 1. The maximum Gasteiger partial charge on any atom is 0.160 e. The van der Waals surface area contributed by atoms with Crippen molar-refractivity contribution in [1.29, 1.82) is 0 Å². The van der Waals surface area contributed by atoms with Crippen LogP contribution in [0.2, 0.25) is 0 Å². The van der Waals surface area contributed by atoms with Crippen molar-refractivity contribution in [3.8, 4) is 0 Å². The molecule has 0 aliphatic carbocycles. The topological polar surface area (TPSA) is 29.5 Å². The number of rotatable bonds is 7. The second kappa shape index (κ2) is 7.25. The van der Waals surface area contributed by atoms with E-state index in [-0.39, 0.29) is 16.9 Å². The molecule has 0 aliphatic heterocycles. The lowest BCUT2D eigenvalue weighted by atomic mass is 9.68. The van der Waals surface area contributed by atoms with Crippen LogP contribution in [-0.2, 0) is 4.74 Å². The van der Waals surface area contributed by atoms with Gasteiger partial charge in [0.2, 0.25) is 0 Å². The number of aliphatic hydroxyl groups is 1. The van der Waals surface area contributed by atoms with Crippen molar-refractivity contribution in [2.24, 2.45) is 16.7 Å². The van der Waals surface area contributed by atoms with Crippen LogP contribution in [0.4, 0.5) is 0 Å². The molecule has 3 atom stereocenters. The van der Waals surface area contributed by atoms with Crippen LogP contribution in [0.15, 0.2) is 24.8 Å². The van der Waals surface area contributed by atoms with Crippen LogP contribution in [0.1, 0.15) is 54.9 Å². The van der Waals surface area contributed by atoms with Gasteiger partial charge in [-0.25, -0.2) is 0 Å². The van der Waals surface area contributed by atoms with Gasteiger partial charge in [-0.1, -0.05) is 66.3 Å². The zero-order valence-electron chi connectivity index (χ0n) is 13.7. The van der Waals surface area contributed by atoms with E-state index in [9.17, 15) is 5.11 Å². The molecule has 0 heterocycles. The summed E-state index contributed by atoms with van der Waals surface area (Å²) in [6.07, 6.45) is 5.48. The minimum Gasteiger partial charge on any atom is -0.367 e. The molecule has 2 nitrogen and oxygen atoms in total. The summed E-state index contributed by atoms with van der Waals surface area (Å²) in [5.74, 6) is 0.345. The molecule has 0 aromatic heterocycles. The molecule has 0 aromatic rings. The van der Waals surface area contributed by atoms with Gasteiger partial charge in [-0.2, -0.15) is 0 Å². The Balaban J connectivity index is 4.88. The lowest BCUT2D eigenvalue weighted by Gasteiger charge is -2.42. The molecule has 2 heteroatoms. The van der Waals surface area contributed by atoms with Gasteiger partial charge in [-0.3, -0.25) is 0 Å². The fraction of sp³-hybridized carbons (Fsp3) is 0.765. The fourth-order valence-electron chi connectivity index (χ4n) is 2.36. The third-order valence-corrected chi connectivity index (χ3v) is 3.66. The third kappa shape index (κ3) is 6.40. The fourth-order valence-corrected chi connectivity index (χ4v) is 2.36. The van der Waals surface area contributed by atoms with Crippen LogP contribution >= 0.6 is 0 Å². The SMILES string of the molecule is C=C/C=C\C(C)O[C@@H](O)C(C)(CC(C)(C)C)C(C)C. The van der Waals surface area contributed by atoms with E-state index in [0.717, 1.165) is 6.42 Å². The van der Waals surface area contributed by atoms with Crippen LogP contribution in [-0.4, -0.2) is 17.5 Å². The highest BCUT2D eigenvalue weighted by atomic mass is 16.6. The Morgan fingerprint density at radius 3 is 2.05 bits per heavy atom. The van der Waals surface area contributed by atoms with E-state index in [4.69, 9.17) is 4.74 Å². The van der Waals surface area contributed by atoms with Crippen molar-refractivity contribution in [2.75, 3.05) is 0 Å². The van der Waals surface area contributed by atoms with Gasteiger partial charge < -0.3 is 9.84 Å². The molecule has 0 fully saturated rings. The Morgan fingerprint density at radius 2 is 1.68 bits per heavy atom. The van der Waals surface area contributed by atoms with Crippen LogP contribution in [0.3, 0.4) is 0 Å². The van der Waals surface area contributed by atoms with Crippen LogP contribution in [0.5, 0.6) is 0 Å². The molecule has 0 saturated heterocycles. The summed E-state index contributed by atoms with van der Waals surface area (Å²) in [5, 5.41) is 10.5. The number of allylic oxidation sites excluding steroid dienone is 2. The Kier molecular flexibility index (Phi) is 7.02. The predicted octanol–water partition coefficient (Wildman–Crippen LogP) is 4.55. The van der Waals surface area contributed by atoms with Gasteiger partial charge in [0.15, 0.2) is 6.29 Å². The molecule has 112 valence electrons. The normalized spacial score (nSPS) is 19.4. The van der Waals surface area contributed by atoms with Crippen molar-refractivity contribution in [2.45, 2.75) is 67.3 Å². The molecule has 0 spiro atoms. The Bertz CT molecular complexity index is 299. The molecule has 19 heavy (non-hydrogen) atoms. The van der Waals surface area contributed by atoms with E-state index in [1.165, 1.54) is 0 Å². The molecule has 0 rings (SSSR count). The molecule has 0 aromatic carbocycles.